The van der Waals surface area contributed by atoms with E-state index in [1.54, 1.807) is 0 Å². The molecule has 3 nitrogen and oxygen atoms in total. The van der Waals surface area contributed by atoms with Gasteiger partial charge in [0, 0.05) is 30.6 Å². The monoisotopic (exact) mass is 218 g/mol. The molecule has 1 unspecified atom stereocenters. The Morgan fingerprint density at radius 2 is 2.25 bits per heavy atom. The summed E-state index contributed by atoms with van der Waals surface area (Å²) in [5.74, 6) is 1.59. The summed E-state index contributed by atoms with van der Waals surface area (Å²) in [6.45, 7) is 4.09. The smallest absolute Gasteiger partial charge is 0.122 e. The van der Waals surface area contributed by atoms with Crippen LogP contribution in [0.3, 0.4) is 0 Å². The van der Waals surface area contributed by atoms with E-state index in [-0.39, 0.29) is 0 Å². The molecule has 3 heteroatoms. The Morgan fingerprint density at radius 1 is 1.38 bits per heavy atom. The number of hydrogen-bond acceptors (Lipinski definition) is 3. The van der Waals surface area contributed by atoms with E-state index in [1.165, 1.54) is 5.56 Å². The molecule has 0 bridgehead atoms. The van der Waals surface area contributed by atoms with Crippen molar-refractivity contribution in [2.75, 3.05) is 26.2 Å². The van der Waals surface area contributed by atoms with Crippen LogP contribution in [0, 0.1) is 0 Å². The van der Waals surface area contributed by atoms with Crippen LogP contribution in [0.2, 0.25) is 0 Å². The Morgan fingerprint density at radius 3 is 3.06 bits per heavy atom. The Labute approximate surface area is 96.2 Å². The second kappa shape index (κ2) is 4.07. The molecule has 2 aliphatic rings. The molecule has 0 saturated carbocycles. The average molecular weight is 218 g/mol. The number of fused-ring (bicyclic) bond motifs is 1. The molecule has 1 aromatic carbocycles. The third-order valence-corrected chi connectivity index (χ3v) is 3.59. The van der Waals surface area contributed by atoms with Crippen molar-refractivity contribution in [3.8, 4) is 5.75 Å². The molecular weight excluding hydrogens is 200 g/mol. The average Bonchev–Trinajstić information content (AvgIpc) is 2.87. The van der Waals surface area contributed by atoms with Crippen molar-refractivity contribution in [1.82, 2.24) is 4.90 Å². The van der Waals surface area contributed by atoms with Crippen molar-refractivity contribution in [3.05, 3.63) is 29.8 Å². The van der Waals surface area contributed by atoms with Crippen molar-refractivity contribution < 1.29 is 4.74 Å². The van der Waals surface area contributed by atoms with Gasteiger partial charge >= 0.3 is 0 Å². The first kappa shape index (κ1) is 10.1. The minimum absolute atomic E-state index is 0.373. The van der Waals surface area contributed by atoms with E-state index in [1.807, 2.05) is 6.07 Å². The highest BCUT2D eigenvalue weighted by Gasteiger charge is 2.28. The van der Waals surface area contributed by atoms with Crippen LogP contribution in [0.25, 0.3) is 0 Å². The van der Waals surface area contributed by atoms with Gasteiger partial charge in [0.05, 0.1) is 6.61 Å². The Balaban J connectivity index is 1.69. The van der Waals surface area contributed by atoms with E-state index in [9.17, 15) is 0 Å². The molecule has 2 N–H and O–H groups in total. The number of nitrogens with zero attached hydrogens (tertiary/aromatic N) is 1. The van der Waals surface area contributed by atoms with Gasteiger partial charge in [-0.1, -0.05) is 18.2 Å². The van der Waals surface area contributed by atoms with Gasteiger partial charge in [-0.3, -0.25) is 0 Å². The van der Waals surface area contributed by atoms with Gasteiger partial charge in [0.2, 0.25) is 0 Å². The maximum Gasteiger partial charge on any atom is 0.122 e. The first-order chi connectivity index (χ1) is 7.83. The lowest BCUT2D eigenvalue weighted by atomic mass is 10.0. The van der Waals surface area contributed by atoms with Gasteiger partial charge in [-0.15, -0.1) is 0 Å². The zero-order valence-electron chi connectivity index (χ0n) is 9.43. The number of nitrogens with two attached hydrogens (primary N) is 1. The minimum Gasteiger partial charge on any atom is -0.493 e. The highest BCUT2D eigenvalue weighted by molar-refractivity contribution is 5.39. The Hall–Kier alpha value is -1.06. The van der Waals surface area contributed by atoms with Gasteiger partial charge in [0.15, 0.2) is 0 Å². The molecule has 3 rings (SSSR count). The lowest BCUT2D eigenvalue weighted by Gasteiger charge is -2.19. The van der Waals surface area contributed by atoms with Gasteiger partial charge in [-0.25, -0.2) is 0 Å². The van der Waals surface area contributed by atoms with Crippen LogP contribution in [0.1, 0.15) is 17.9 Å². The fraction of sp³-hybridized carbons (Fsp3) is 0.538. The van der Waals surface area contributed by atoms with Gasteiger partial charge < -0.3 is 15.4 Å². The summed E-state index contributed by atoms with van der Waals surface area (Å²) in [4.78, 5) is 2.46. The first-order valence-corrected chi connectivity index (χ1v) is 6.02. The van der Waals surface area contributed by atoms with E-state index in [0.29, 0.717) is 12.0 Å². The molecule has 1 fully saturated rings. The summed E-state index contributed by atoms with van der Waals surface area (Å²) >= 11 is 0. The molecule has 0 amide bonds. The van der Waals surface area contributed by atoms with Crippen molar-refractivity contribution in [2.45, 2.75) is 18.4 Å². The predicted molar refractivity (Wildman–Crippen MR) is 63.7 cm³/mol. The summed E-state index contributed by atoms with van der Waals surface area (Å²) in [5.41, 5.74) is 7.28. The van der Waals surface area contributed by atoms with Crippen LogP contribution in [-0.4, -0.2) is 37.2 Å². The van der Waals surface area contributed by atoms with E-state index < -0.39 is 0 Å². The minimum atomic E-state index is 0.373. The van der Waals surface area contributed by atoms with Crippen molar-refractivity contribution in [2.24, 2.45) is 5.73 Å². The second-order valence-electron chi connectivity index (χ2n) is 4.85. The highest BCUT2D eigenvalue weighted by Crippen LogP contribution is 2.34. The number of hydrogen-bond donors (Lipinski definition) is 1. The molecule has 0 aliphatic carbocycles. The number of rotatable bonds is 2. The standard InChI is InChI=1S/C13H18N2O/c14-11-5-6-15(8-11)7-10-9-16-13-4-2-1-3-12(10)13/h1-4,10-11H,5-9,14H2/t10?,11-/m1/s1. The van der Waals surface area contributed by atoms with E-state index in [4.69, 9.17) is 10.5 Å². The summed E-state index contributed by atoms with van der Waals surface area (Å²) in [6.07, 6.45) is 1.13. The van der Waals surface area contributed by atoms with Crippen molar-refractivity contribution in [3.63, 3.8) is 0 Å². The normalized spacial score (nSPS) is 29.1. The Kier molecular flexibility index (Phi) is 2.58. The molecule has 1 aromatic rings. The van der Waals surface area contributed by atoms with E-state index >= 15 is 0 Å². The quantitative estimate of drug-likeness (QED) is 0.810. The fourth-order valence-electron chi connectivity index (χ4n) is 2.72. The largest absolute Gasteiger partial charge is 0.493 e. The van der Waals surface area contributed by atoms with Crippen LogP contribution in [0.15, 0.2) is 24.3 Å². The van der Waals surface area contributed by atoms with Crippen molar-refractivity contribution in [1.29, 1.82) is 0 Å². The summed E-state index contributed by atoms with van der Waals surface area (Å²) < 4.78 is 5.69. The van der Waals surface area contributed by atoms with Gasteiger partial charge in [-0.2, -0.15) is 0 Å². The lowest BCUT2D eigenvalue weighted by Crippen LogP contribution is -2.30. The SMILES string of the molecule is N[C@@H]1CCN(CC2COc3ccccc32)C1. The second-order valence-corrected chi connectivity index (χ2v) is 4.85. The van der Waals surface area contributed by atoms with Crippen molar-refractivity contribution >= 4 is 0 Å². The molecule has 0 spiro atoms. The van der Waals surface area contributed by atoms with Crippen LogP contribution in [0.5, 0.6) is 5.75 Å². The number of benzene rings is 1. The molecule has 1 saturated heterocycles. The molecule has 0 aromatic heterocycles. The van der Waals surface area contributed by atoms with Crippen LogP contribution < -0.4 is 10.5 Å². The first-order valence-electron chi connectivity index (χ1n) is 6.02. The summed E-state index contributed by atoms with van der Waals surface area (Å²) in [5, 5.41) is 0. The lowest BCUT2D eigenvalue weighted by molar-refractivity contribution is 0.266. The third-order valence-electron chi connectivity index (χ3n) is 3.59. The van der Waals surface area contributed by atoms with Gasteiger partial charge in [0.1, 0.15) is 5.75 Å². The van der Waals surface area contributed by atoms with Crippen LogP contribution >= 0.6 is 0 Å². The topological polar surface area (TPSA) is 38.5 Å². The molecule has 2 aliphatic heterocycles. The van der Waals surface area contributed by atoms with Crippen LogP contribution in [0.4, 0.5) is 0 Å². The number of para-hydroxylation sites is 1. The molecule has 86 valence electrons. The molecule has 2 heterocycles. The summed E-state index contributed by atoms with van der Waals surface area (Å²) in [7, 11) is 0. The van der Waals surface area contributed by atoms with E-state index in [0.717, 1.165) is 38.4 Å². The van der Waals surface area contributed by atoms with Crippen LogP contribution in [-0.2, 0) is 0 Å². The highest BCUT2D eigenvalue weighted by atomic mass is 16.5. The number of ether oxygens (including phenoxy) is 1. The third kappa shape index (κ3) is 1.81. The maximum atomic E-state index is 5.92. The van der Waals surface area contributed by atoms with Gasteiger partial charge in [0.25, 0.3) is 0 Å². The van der Waals surface area contributed by atoms with Gasteiger partial charge in [-0.05, 0) is 19.0 Å². The number of likely N-dealkylation sites (tertiary alicyclic amines) is 1. The van der Waals surface area contributed by atoms with E-state index in [2.05, 4.69) is 23.1 Å². The molecule has 16 heavy (non-hydrogen) atoms. The molecule has 0 radical (unpaired) electrons. The zero-order chi connectivity index (χ0) is 11.0. The maximum absolute atomic E-state index is 5.92. The summed E-state index contributed by atoms with van der Waals surface area (Å²) in [6, 6.07) is 8.75. The molecular formula is C13H18N2O. The zero-order valence-corrected chi connectivity index (χ0v) is 9.43. The Bertz CT molecular complexity index is 380. The fourth-order valence-corrected chi connectivity index (χ4v) is 2.72. The predicted octanol–water partition coefficient (Wildman–Crippen LogP) is 1.20. The molecule has 2 atom stereocenters.